The molecule has 6 nitrogen and oxygen atoms in total. The molecule has 7 heteroatoms. The van der Waals surface area contributed by atoms with Crippen molar-refractivity contribution in [3.8, 4) is 0 Å². The highest BCUT2D eigenvalue weighted by atomic mass is 32.2. The molecule has 1 aliphatic heterocycles. The minimum atomic E-state index is 0.479. The molecule has 0 radical (unpaired) electrons. The van der Waals surface area contributed by atoms with E-state index >= 15 is 0 Å². The molecule has 1 aromatic rings. The summed E-state index contributed by atoms with van der Waals surface area (Å²) in [6.07, 6.45) is 0. The van der Waals surface area contributed by atoms with Gasteiger partial charge in [0.15, 0.2) is 5.16 Å². The molecule has 0 aromatic carbocycles. The lowest BCUT2D eigenvalue weighted by atomic mass is 10.3. The Hall–Kier alpha value is -0.790. The van der Waals surface area contributed by atoms with Gasteiger partial charge < -0.3 is 10.6 Å². The second kappa shape index (κ2) is 5.70. The van der Waals surface area contributed by atoms with E-state index in [1.807, 2.05) is 11.6 Å². The van der Waals surface area contributed by atoms with Crippen LogP contribution in [0.3, 0.4) is 0 Å². The lowest BCUT2D eigenvalue weighted by molar-refractivity contribution is 0.161. The van der Waals surface area contributed by atoms with Crippen molar-refractivity contribution in [3.63, 3.8) is 0 Å². The second-order valence-electron chi connectivity index (χ2n) is 4.39. The monoisotopic (exact) mass is 256 g/mol. The average molecular weight is 256 g/mol. The fourth-order valence-corrected chi connectivity index (χ4v) is 2.71. The highest BCUT2D eigenvalue weighted by Crippen LogP contribution is 2.16. The molecule has 2 rings (SSSR count). The van der Waals surface area contributed by atoms with Gasteiger partial charge in [-0.15, -0.1) is 10.2 Å². The van der Waals surface area contributed by atoms with E-state index < -0.39 is 0 Å². The van der Waals surface area contributed by atoms with Crippen LogP contribution in [0.25, 0.3) is 0 Å². The number of rotatable bonds is 4. The Morgan fingerprint density at radius 3 is 2.47 bits per heavy atom. The van der Waals surface area contributed by atoms with Gasteiger partial charge in [0.25, 0.3) is 0 Å². The van der Waals surface area contributed by atoms with Crippen LogP contribution in [0.15, 0.2) is 5.16 Å². The molecule has 0 aliphatic carbocycles. The first-order valence-corrected chi connectivity index (χ1v) is 6.84. The van der Waals surface area contributed by atoms with Crippen LogP contribution in [0.4, 0.5) is 5.95 Å². The summed E-state index contributed by atoms with van der Waals surface area (Å²) in [6, 6.07) is 0. The smallest absolute Gasteiger partial charge is 0.222 e. The number of nitrogens with zero attached hydrogens (tertiary/aromatic N) is 5. The van der Waals surface area contributed by atoms with Gasteiger partial charge in [0.1, 0.15) is 0 Å². The summed E-state index contributed by atoms with van der Waals surface area (Å²) in [5.41, 5.74) is 5.63. The average Bonchev–Trinajstić information content (AvgIpc) is 2.64. The van der Waals surface area contributed by atoms with Gasteiger partial charge >= 0.3 is 0 Å². The lowest BCUT2D eigenvalue weighted by Crippen LogP contribution is -2.45. The Balaban J connectivity index is 1.71. The topological polar surface area (TPSA) is 63.2 Å². The number of nitrogen functional groups attached to an aromatic ring is 1. The summed E-state index contributed by atoms with van der Waals surface area (Å²) >= 11 is 1.72. The standard InChI is InChI=1S/C10H20N6S/c1-14-3-5-16(6-4-14)7-8-17-10-13-12-9(11)15(10)2/h3-8H2,1-2H3,(H2,11,12). The quantitative estimate of drug-likeness (QED) is 0.749. The van der Waals surface area contributed by atoms with Crippen molar-refractivity contribution in [2.24, 2.45) is 7.05 Å². The van der Waals surface area contributed by atoms with Gasteiger partial charge in [-0.25, -0.2) is 0 Å². The molecule has 2 heterocycles. The Morgan fingerprint density at radius 1 is 1.18 bits per heavy atom. The lowest BCUT2D eigenvalue weighted by Gasteiger charge is -2.32. The maximum Gasteiger partial charge on any atom is 0.222 e. The van der Waals surface area contributed by atoms with Gasteiger partial charge in [-0.1, -0.05) is 11.8 Å². The van der Waals surface area contributed by atoms with E-state index in [2.05, 4.69) is 27.0 Å². The van der Waals surface area contributed by atoms with Gasteiger partial charge in [-0.05, 0) is 7.05 Å². The van der Waals surface area contributed by atoms with Crippen LogP contribution < -0.4 is 5.73 Å². The predicted octanol–water partition coefficient (Wildman–Crippen LogP) is -0.263. The molecule has 1 fully saturated rings. The fraction of sp³-hybridized carbons (Fsp3) is 0.800. The Labute approximate surface area is 106 Å². The van der Waals surface area contributed by atoms with E-state index in [-0.39, 0.29) is 0 Å². The van der Waals surface area contributed by atoms with Gasteiger partial charge in [0, 0.05) is 45.5 Å². The summed E-state index contributed by atoms with van der Waals surface area (Å²) in [5, 5.41) is 8.77. The number of hydrogen-bond donors (Lipinski definition) is 1. The third-order valence-electron chi connectivity index (χ3n) is 3.10. The zero-order valence-electron chi connectivity index (χ0n) is 10.5. The molecular formula is C10H20N6S. The zero-order valence-corrected chi connectivity index (χ0v) is 11.3. The van der Waals surface area contributed by atoms with Crippen LogP contribution in [0, 0.1) is 0 Å². The largest absolute Gasteiger partial charge is 0.368 e. The number of likely N-dealkylation sites (N-methyl/N-ethyl adjacent to an activating group) is 1. The first-order chi connectivity index (χ1) is 8.16. The highest BCUT2D eigenvalue weighted by Gasteiger charge is 2.13. The van der Waals surface area contributed by atoms with E-state index in [9.17, 15) is 0 Å². The molecule has 0 saturated carbocycles. The van der Waals surface area contributed by atoms with Crippen LogP contribution in [-0.2, 0) is 7.05 Å². The van der Waals surface area contributed by atoms with Crippen LogP contribution in [0.2, 0.25) is 0 Å². The number of aromatic nitrogens is 3. The first-order valence-electron chi connectivity index (χ1n) is 5.85. The van der Waals surface area contributed by atoms with Crippen molar-refractivity contribution in [1.29, 1.82) is 0 Å². The zero-order chi connectivity index (χ0) is 12.3. The van der Waals surface area contributed by atoms with Gasteiger partial charge in [-0.2, -0.15) is 0 Å². The third kappa shape index (κ3) is 3.34. The molecule has 0 spiro atoms. The summed E-state index contributed by atoms with van der Waals surface area (Å²) in [6.45, 7) is 5.77. The number of hydrogen-bond acceptors (Lipinski definition) is 6. The molecule has 17 heavy (non-hydrogen) atoms. The fourth-order valence-electron chi connectivity index (χ4n) is 1.79. The van der Waals surface area contributed by atoms with Crippen molar-refractivity contribution >= 4 is 17.7 Å². The molecule has 1 saturated heterocycles. The van der Waals surface area contributed by atoms with E-state index in [0.29, 0.717) is 5.95 Å². The van der Waals surface area contributed by atoms with E-state index in [0.717, 1.165) is 30.5 Å². The molecule has 2 N–H and O–H groups in total. The van der Waals surface area contributed by atoms with Crippen LogP contribution in [0.1, 0.15) is 0 Å². The third-order valence-corrected chi connectivity index (χ3v) is 4.10. The van der Waals surface area contributed by atoms with Crippen molar-refractivity contribution < 1.29 is 0 Å². The summed E-state index contributed by atoms with van der Waals surface area (Å²) < 4.78 is 1.83. The molecule has 0 unspecified atom stereocenters. The number of anilines is 1. The Bertz CT molecular complexity index is 358. The van der Waals surface area contributed by atoms with E-state index in [1.165, 1.54) is 13.1 Å². The van der Waals surface area contributed by atoms with E-state index in [4.69, 9.17) is 5.73 Å². The molecule has 0 amide bonds. The van der Waals surface area contributed by atoms with Crippen LogP contribution in [-0.4, -0.2) is 70.1 Å². The van der Waals surface area contributed by atoms with Crippen molar-refractivity contribution in [3.05, 3.63) is 0 Å². The minimum absolute atomic E-state index is 0.479. The first kappa shape index (κ1) is 12.7. The maximum atomic E-state index is 5.63. The van der Waals surface area contributed by atoms with Crippen LogP contribution in [0.5, 0.6) is 0 Å². The van der Waals surface area contributed by atoms with Crippen LogP contribution >= 0.6 is 11.8 Å². The minimum Gasteiger partial charge on any atom is -0.368 e. The highest BCUT2D eigenvalue weighted by molar-refractivity contribution is 7.99. The summed E-state index contributed by atoms with van der Waals surface area (Å²) in [7, 11) is 4.07. The van der Waals surface area contributed by atoms with Gasteiger partial charge in [0.05, 0.1) is 0 Å². The molecule has 96 valence electrons. The van der Waals surface area contributed by atoms with Gasteiger partial charge in [-0.3, -0.25) is 9.47 Å². The normalized spacial score (nSPS) is 18.7. The molecule has 0 bridgehead atoms. The second-order valence-corrected chi connectivity index (χ2v) is 5.46. The molecular weight excluding hydrogens is 236 g/mol. The SMILES string of the molecule is CN1CCN(CCSc2nnc(N)n2C)CC1. The number of thioether (sulfide) groups is 1. The van der Waals surface area contributed by atoms with Gasteiger partial charge in [0.2, 0.25) is 5.95 Å². The molecule has 1 aromatic heterocycles. The number of nitrogens with two attached hydrogens (primary N) is 1. The van der Waals surface area contributed by atoms with Crippen molar-refractivity contribution in [2.45, 2.75) is 5.16 Å². The Kier molecular flexibility index (Phi) is 4.25. The molecule has 1 aliphatic rings. The Morgan fingerprint density at radius 2 is 1.88 bits per heavy atom. The molecule has 0 atom stereocenters. The summed E-state index contributed by atoms with van der Waals surface area (Å²) in [5.74, 6) is 1.52. The van der Waals surface area contributed by atoms with E-state index in [1.54, 1.807) is 11.8 Å². The van der Waals surface area contributed by atoms with Crippen molar-refractivity contribution in [2.75, 3.05) is 51.3 Å². The number of piperazine rings is 1. The maximum absolute atomic E-state index is 5.63. The predicted molar refractivity (Wildman–Crippen MR) is 70.1 cm³/mol. The van der Waals surface area contributed by atoms with Crippen molar-refractivity contribution in [1.82, 2.24) is 24.6 Å². The summed E-state index contributed by atoms with van der Waals surface area (Å²) in [4.78, 5) is 4.86.